The molecule has 1 aromatic rings. The number of aromatic nitrogens is 2. The Balaban J connectivity index is 1.92. The van der Waals surface area contributed by atoms with Crippen molar-refractivity contribution in [2.45, 2.75) is 32.4 Å². The Kier molecular flexibility index (Phi) is 2.13. The van der Waals surface area contributed by atoms with E-state index >= 15 is 0 Å². The fraction of sp³-hybridized carbons (Fsp3) is 0.667. The van der Waals surface area contributed by atoms with Crippen molar-refractivity contribution >= 4 is 0 Å². The molecule has 0 N–H and O–H groups in total. The molecule has 1 aromatic heterocycles. The van der Waals surface area contributed by atoms with Gasteiger partial charge in [0.25, 0.3) is 0 Å². The molecule has 0 spiro atoms. The molecule has 0 saturated carbocycles. The van der Waals surface area contributed by atoms with Crippen molar-refractivity contribution in [3.05, 3.63) is 18.0 Å². The van der Waals surface area contributed by atoms with Gasteiger partial charge in [0.1, 0.15) is 0 Å². The van der Waals surface area contributed by atoms with Gasteiger partial charge in [0.2, 0.25) is 0 Å². The van der Waals surface area contributed by atoms with Crippen molar-refractivity contribution in [1.29, 1.82) is 0 Å². The molecule has 1 fully saturated rings. The maximum Gasteiger partial charge on any atom is 0.0851 e. The minimum Gasteiger partial charge on any atom is -0.373 e. The summed E-state index contributed by atoms with van der Waals surface area (Å²) in [5, 5.41) is 4.25. The van der Waals surface area contributed by atoms with E-state index in [0.29, 0.717) is 6.10 Å². The molecule has 0 aliphatic carbocycles. The van der Waals surface area contributed by atoms with Crippen molar-refractivity contribution in [2.24, 2.45) is 0 Å². The standard InChI is InChI=1S/C9H14N2O/c1-2-3-11-6-8(5-10-11)4-9-7-12-9/h5-6,9H,2-4,7H2,1H3. The first-order valence-electron chi connectivity index (χ1n) is 4.51. The zero-order chi connectivity index (χ0) is 8.39. The van der Waals surface area contributed by atoms with Crippen LogP contribution in [0.3, 0.4) is 0 Å². The van der Waals surface area contributed by atoms with Crippen molar-refractivity contribution in [1.82, 2.24) is 9.78 Å². The molecule has 2 rings (SSSR count). The largest absolute Gasteiger partial charge is 0.373 e. The zero-order valence-electron chi connectivity index (χ0n) is 7.36. The summed E-state index contributed by atoms with van der Waals surface area (Å²) in [6.45, 7) is 4.11. The molecule has 0 bridgehead atoms. The van der Waals surface area contributed by atoms with Gasteiger partial charge in [0.05, 0.1) is 18.9 Å². The minimum absolute atomic E-state index is 0.476. The van der Waals surface area contributed by atoms with Gasteiger partial charge in [-0.2, -0.15) is 5.10 Å². The summed E-state index contributed by atoms with van der Waals surface area (Å²) in [4.78, 5) is 0. The highest BCUT2D eigenvalue weighted by Crippen LogP contribution is 2.15. The van der Waals surface area contributed by atoms with Crippen molar-refractivity contribution in [3.63, 3.8) is 0 Å². The van der Waals surface area contributed by atoms with Crippen LogP contribution in [0.15, 0.2) is 12.4 Å². The fourth-order valence-corrected chi connectivity index (χ4v) is 1.31. The highest BCUT2D eigenvalue weighted by molar-refractivity contribution is 5.06. The van der Waals surface area contributed by atoms with Gasteiger partial charge in [-0.1, -0.05) is 6.92 Å². The average molecular weight is 166 g/mol. The molecule has 0 aromatic carbocycles. The van der Waals surface area contributed by atoms with Crippen LogP contribution in [0.4, 0.5) is 0 Å². The van der Waals surface area contributed by atoms with Crippen LogP contribution in [-0.2, 0) is 17.7 Å². The Bertz CT molecular complexity index is 253. The smallest absolute Gasteiger partial charge is 0.0851 e. The number of aryl methyl sites for hydroxylation is 1. The molecule has 1 aliphatic rings. The van der Waals surface area contributed by atoms with Crippen LogP contribution in [0.5, 0.6) is 0 Å². The maximum atomic E-state index is 5.14. The van der Waals surface area contributed by atoms with E-state index in [-0.39, 0.29) is 0 Å². The van der Waals surface area contributed by atoms with E-state index in [4.69, 9.17) is 4.74 Å². The highest BCUT2D eigenvalue weighted by atomic mass is 16.6. The van der Waals surface area contributed by atoms with Gasteiger partial charge in [0.15, 0.2) is 0 Å². The van der Waals surface area contributed by atoms with Crippen molar-refractivity contribution < 1.29 is 4.74 Å². The van der Waals surface area contributed by atoms with E-state index in [1.165, 1.54) is 5.56 Å². The Hall–Kier alpha value is -0.830. The predicted octanol–water partition coefficient (Wildman–Crippen LogP) is 1.23. The number of hydrogen-bond donors (Lipinski definition) is 0. The summed E-state index contributed by atoms with van der Waals surface area (Å²) < 4.78 is 7.14. The Morgan fingerprint density at radius 2 is 2.58 bits per heavy atom. The molecule has 1 atom stereocenters. The minimum atomic E-state index is 0.476. The van der Waals surface area contributed by atoms with Crippen LogP contribution in [0.25, 0.3) is 0 Å². The Morgan fingerprint density at radius 3 is 3.25 bits per heavy atom. The lowest BCUT2D eigenvalue weighted by Crippen LogP contribution is -1.96. The van der Waals surface area contributed by atoms with Crippen LogP contribution >= 0.6 is 0 Å². The van der Waals surface area contributed by atoms with Gasteiger partial charge in [0, 0.05) is 19.2 Å². The van der Waals surface area contributed by atoms with E-state index < -0.39 is 0 Å². The van der Waals surface area contributed by atoms with E-state index in [1.54, 1.807) is 0 Å². The lowest BCUT2D eigenvalue weighted by atomic mass is 10.2. The maximum absolute atomic E-state index is 5.14. The summed E-state index contributed by atoms with van der Waals surface area (Å²) in [7, 11) is 0. The quantitative estimate of drug-likeness (QED) is 0.630. The summed E-state index contributed by atoms with van der Waals surface area (Å²) in [5.74, 6) is 0. The molecule has 1 saturated heterocycles. The molecule has 0 radical (unpaired) electrons. The number of rotatable bonds is 4. The topological polar surface area (TPSA) is 30.4 Å². The average Bonchev–Trinajstić information content (AvgIpc) is 2.74. The van der Waals surface area contributed by atoms with Crippen LogP contribution in [0.1, 0.15) is 18.9 Å². The third-order valence-corrected chi connectivity index (χ3v) is 2.01. The fourth-order valence-electron chi connectivity index (χ4n) is 1.31. The Morgan fingerprint density at radius 1 is 1.75 bits per heavy atom. The monoisotopic (exact) mass is 166 g/mol. The lowest BCUT2D eigenvalue weighted by Gasteiger charge is -1.94. The summed E-state index contributed by atoms with van der Waals surface area (Å²) in [6.07, 6.45) is 6.71. The number of nitrogens with zero attached hydrogens (tertiary/aromatic N) is 2. The molecule has 3 heteroatoms. The zero-order valence-corrected chi connectivity index (χ0v) is 7.36. The SMILES string of the molecule is CCCn1cc(CC2CO2)cn1. The second-order valence-electron chi connectivity index (χ2n) is 3.27. The highest BCUT2D eigenvalue weighted by Gasteiger charge is 2.22. The third kappa shape index (κ3) is 1.85. The molecule has 1 unspecified atom stereocenters. The summed E-state index contributed by atoms with van der Waals surface area (Å²) in [6, 6.07) is 0. The summed E-state index contributed by atoms with van der Waals surface area (Å²) in [5.41, 5.74) is 1.30. The number of hydrogen-bond acceptors (Lipinski definition) is 2. The van der Waals surface area contributed by atoms with Crippen molar-refractivity contribution in [3.8, 4) is 0 Å². The van der Waals surface area contributed by atoms with Gasteiger partial charge in [-0.05, 0) is 12.0 Å². The molecule has 2 heterocycles. The van der Waals surface area contributed by atoms with Gasteiger partial charge < -0.3 is 4.74 Å². The third-order valence-electron chi connectivity index (χ3n) is 2.01. The molecule has 66 valence electrons. The van der Waals surface area contributed by atoms with Gasteiger partial charge in [-0.25, -0.2) is 0 Å². The summed E-state index contributed by atoms with van der Waals surface area (Å²) >= 11 is 0. The number of epoxide rings is 1. The van der Waals surface area contributed by atoms with Crippen LogP contribution < -0.4 is 0 Å². The number of ether oxygens (including phenoxy) is 1. The van der Waals surface area contributed by atoms with Crippen LogP contribution in [0, 0.1) is 0 Å². The molecular weight excluding hydrogens is 152 g/mol. The first-order chi connectivity index (χ1) is 5.88. The van der Waals surface area contributed by atoms with E-state index in [9.17, 15) is 0 Å². The van der Waals surface area contributed by atoms with Crippen molar-refractivity contribution in [2.75, 3.05) is 6.61 Å². The van der Waals surface area contributed by atoms with E-state index in [0.717, 1.165) is 26.0 Å². The first kappa shape index (κ1) is 7.80. The molecule has 1 aliphatic heterocycles. The first-order valence-corrected chi connectivity index (χ1v) is 4.51. The van der Waals surface area contributed by atoms with Gasteiger partial charge >= 0.3 is 0 Å². The lowest BCUT2D eigenvalue weighted by molar-refractivity contribution is 0.407. The van der Waals surface area contributed by atoms with Gasteiger partial charge in [-0.15, -0.1) is 0 Å². The normalized spacial score (nSPS) is 21.2. The van der Waals surface area contributed by atoms with Crippen LogP contribution in [0.2, 0.25) is 0 Å². The molecule has 0 amide bonds. The molecular formula is C9H14N2O. The second-order valence-corrected chi connectivity index (χ2v) is 3.27. The van der Waals surface area contributed by atoms with Crippen LogP contribution in [-0.4, -0.2) is 22.5 Å². The Labute approximate surface area is 72.3 Å². The van der Waals surface area contributed by atoms with E-state index in [2.05, 4.69) is 18.2 Å². The molecule has 3 nitrogen and oxygen atoms in total. The second kappa shape index (κ2) is 3.27. The van der Waals surface area contributed by atoms with E-state index in [1.807, 2.05) is 10.9 Å². The van der Waals surface area contributed by atoms with Gasteiger partial charge in [-0.3, -0.25) is 4.68 Å². The predicted molar refractivity (Wildman–Crippen MR) is 46.0 cm³/mol. The molecule has 12 heavy (non-hydrogen) atoms.